The lowest BCUT2D eigenvalue weighted by molar-refractivity contribution is -0.112. The van der Waals surface area contributed by atoms with E-state index in [1.165, 1.54) is 6.92 Å². The zero-order chi connectivity index (χ0) is 15.2. The third-order valence-corrected chi connectivity index (χ3v) is 2.91. The van der Waals surface area contributed by atoms with Crippen molar-refractivity contribution < 1.29 is 18.7 Å². The summed E-state index contributed by atoms with van der Waals surface area (Å²) < 4.78 is 16.3. The Balaban J connectivity index is 2.51. The van der Waals surface area contributed by atoms with Gasteiger partial charge in [0.25, 0.3) is 0 Å². The van der Waals surface area contributed by atoms with Crippen molar-refractivity contribution in [2.45, 2.75) is 13.8 Å². The van der Waals surface area contributed by atoms with E-state index in [0.29, 0.717) is 23.9 Å². The molecule has 0 spiro atoms. The lowest BCUT2D eigenvalue weighted by Crippen LogP contribution is -1.97. The minimum Gasteiger partial charge on any atom is -0.493 e. The molecule has 0 aliphatic carbocycles. The Kier molecular flexibility index (Phi) is 4.82. The smallest absolute Gasteiger partial charge is 0.161 e. The summed E-state index contributed by atoms with van der Waals surface area (Å²) in [6, 6.07) is 9.14. The summed E-state index contributed by atoms with van der Waals surface area (Å²) in [6.45, 7) is 3.95. The van der Waals surface area contributed by atoms with Crippen LogP contribution in [0.2, 0.25) is 0 Å². The van der Waals surface area contributed by atoms with Gasteiger partial charge >= 0.3 is 0 Å². The molecule has 4 nitrogen and oxygen atoms in total. The minimum atomic E-state index is -0.0461. The van der Waals surface area contributed by atoms with Gasteiger partial charge in [-0.25, -0.2) is 0 Å². The van der Waals surface area contributed by atoms with Crippen LogP contribution in [0.25, 0.3) is 5.57 Å². The molecule has 0 atom stereocenters. The van der Waals surface area contributed by atoms with Crippen molar-refractivity contribution in [2.75, 3.05) is 13.7 Å². The highest BCUT2D eigenvalue weighted by Crippen LogP contribution is 2.33. The fourth-order valence-electron chi connectivity index (χ4n) is 2.04. The maximum Gasteiger partial charge on any atom is 0.161 e. The first kappa shape index (κ1) is 14.9. The molecule has 0 saturated carbocycles. The second-order valence-electron chi connectivity index (χ2n) is 4.44. The number of benzene rings is 1. The zero-order valence-electron chi connectivity index (χ0n) is 12.4. The number of rotatable bonds is 6. The van der Waals surface area contributed by atoms with Gasteiger partial charge in [0.05, 0.1) is 20.0 Å². The second kappa shape index (κ2) is 6.79. The number of furan rings is 1. The second-order valence-corrected chi connectivity index (χ2v) is 4.44. The first-order valence-corrected chi connectivity index (χ1v) is 6.73. The van der Waals surface area contributed by atoms with Gasteiger partial charge in [0.1, 0.15) is 5.76 Å². The van der Waals surface area contributed by atoms with E-state index in [1.54, 1.807) is 25.5 Å². The SMILES string of the molecule is CCOc1cc(/C(=C/C(C)=O)c2ccco2)ccc1OC. The van der Waals surface area contributed by atoms with Crippen molar-refractivity contribution in [3.8, 4) is 11.5 Å². The maximum absolute atomic E-state index is 11.5. The zero-order valence-corrected chi connectivity index (χ0v) is 12.4. The maximum atomic E-state index is 11.5. The number of ether oxygens (including phenoxy) is 2. The lowest BCUT2D eigenvalue weighted by Gasteiger charge is -2.12. The van der Waals surface area contributed by atoms with Gasteiger partial charge in [-0.2, -0.15) is 0 Å². The molecule has 0 aliphatic heterocycles. The Morgan fingerprint density at radius 2 is 2.10 bits per heavy atom. The highest BCUT2D eigenvalue weighted by atomic mass is 16.5. The molecule has 0 saturated heterocycles. The molecule has 21 heavy (non-hydrogen) atoms. The van der Waals surface area contributed by atoms with Gasteiger partial charge < -0.3 is 13.9 Å². The predicted molar refractivity (Wildman–Crippen MR) is 80.6 cm³/mol. The molecule has 1 aromatic carbocycles. The van der Waals surface area contributed by atoms with Gasteiger partial charge in [-0.3, -0.25) is 4.79 Å². The molecule has 0 radical (unpaired) electrons. The molecule has 0 amide bonds. The van der Waals surface area contributed by atoms with Gasteiger partial charge in [0, 0.05) is 5.57 Å². The van der Waals surface area contributed by atoms with E-state index in [9.17, 15) is 4.79 Å². The number of carbonyl (C=O) groups excluding carboxylic acids is 1. The Hall–Kier alpha value is -2.49. The van der Waals surface area contributed by atoms with Crippen molar-refractivity contribution in [2.24, 2.45) is 0 Å². The quantitative estimate of drug-likeness (QED) is 0.760. The van der Waals surface area contributed by atoms with Gasteiger partial charge in [-0.15, -0.1) is 0 Å². The van der Waals surface area contributed by atoms with Gasteiger partial charge in [-0.1, -0.05) is 6.07 Å². The van der Waals surface area contributed by atoms with Crippen LogP contribution in [0.15, 0.2) is 47.1 Å². The van der Waals surface area contributed by atoms with Crippen LogP contribution < -0.4 is 9.47 Å². The number of allylic oxidation sites excluding steroid dienone is 1. The first-order chi connectivity index (χ1) is 10.2. The van der Waals surface area contributed by atoms with Crippen LogP contribution in [0, 0.1) is 0 Å². The first-order valence-electron chi connectivity index (χ1n) is 6.73. The lowest BCUT2D eigenvalue weighted by atomic mass is 10.0. The molecule has 0 unspecified atom stereocenters. The Morgan fingerprint density at radius 1 is 1.29 bits per heavy atom. The number of carbonyl (C=O) groups is 1. The van der Waals surface area contributed by atoms with Gasteiger partial charge in [0.2, 0.25) is 0 Å². The van der Waals surface area contributed by atoms with Crippen LogP contribution in [0.4, 0.5) is 0 Å². The van der Waals surface area contributed by atoms with E-state index >= 15 is 0 Å². The molecule has 0 fully saturated rings. The topological polar surface area (TPSA) is 48.7 Å². The van der Waals surface area contributed by atoms with Gasteiger partial charge in [0.15, 0.2) is 17.3 Å². The fourth-order valence-corrected chi connectivity index (χ4v) is 2.04. The van der Waals surface area contributed by atoms with Crippen molar-refractivity contribution >= 4 is 11.4 Å². The van der Waals surface area contributed by atoms with Gasteiger partial charge in [-0.05, 0) is 49.8 Å². The van der Waals surface area contributed by atoms with E-state index in [1.807, 2.05) is 31.2 Å². The molecular weight excluding hydrogens is 268 g/mol. The summed E-state index contributed by atoms with van der Waals surface area (Å²) in [5.41, 5.74) is 1.56. The number of ketones is 1. The Bertz CT molecular complexity index is 639. The predicted octanol–water partition coefficient (Wildman–Crippen LogP) is 3.71. The normalized spacial score (nSPS) is 11.3. The van der Waals surface area contributed by atoms with E-state index in [2.05, 4.69) is 0 Å². The summed E-state index contributed by atoms with van der Waals surface area (Å²) >= 11 is 0. The average molecular weight is 286 g/mol. The van der Waals surface area contributed by atoms with E-state index < -0.39 is 0 Å². The summed E-state index contributed by atoms with van der Waals surface area (Å²) in [7, 11) is 1.59. The molecule has 0 bridgehead atoms. The third kappa shape index (κ3) is 3.54. The fraction of sp³-hybridized carbons (Fsp3) is 0.235. The molecule has 0 aliphatic rings. The summed E-state index contributed by atoms with van der Waals surface area (Å²) in [5.74, 6) is 1.88. The van der Waals surface area contributed by atoms with Crippen molar-refractivity contribution in [3.63, 3.8) is 0 Å². The summed E-state index contributed by atoms with van der Waals surface area (Å²) in [5, 5.41) is 0. The van der Waals surface area contributed by atoms with E-state index in [0.717, 1.165) is 11.1 Å². The van der Waals surface area contributed by atoms with E-state index in [4.69, 9.17) is 13.9 Å². The highest BCUT2D eigenvalue weighted by molar-refractivity contribution is 5.98. The molecular formula is C17H18O4. The van der Waals surface area contributed by atoms with Crippen LogP contribution in [0.1, 0.15) is 25.2 Å². The minimum absolute atomic E-state index is 0.0461. The summed E-state index contributed by atoms with van der Waals surface area (Å²) in [6.07, 6.45) is 3.13. The molecule has 1 heterocycles. The van der Waals surface area contributed by atoms with Crippen molar-refractivity contribution in [1.82, 2.24) is 0 Å². The number of methoxy groups -OCH3 is 1. The van der Waals surface area contributed by atoms with Crippen LogP contribution in [0.5, 0.6) is 11.5 Å². The number of hydrogen-bond donors (Lipinski definition) is 0. The van der Waals surface area contributed by atoms with Crippen LogP contribution in [-0.2, 0) is 4.79 Å². The third-order valence-electron chi connectivity index (χ3n) is 2.91. The Labute approximate surface area is 124 Å². The summed E-state index contributed by atoms with van der Waals surface area (Å²) in [4.78, 5) is 11.5. The average Bonchev–Trinajstić information content (AvgIpc) is 2.99. The highest BCUT2D eigenvalue weighted by Gasteiger charge is 2.13. The molecule has 4 heteroatoms. The number of hydrogen-bond acceptors (Lipinski definition) is 4. The largest absolute Gasteiger partial charge is 0.493 e. The van der Waals surface area contributed by atoms with Crippen LogP contribution in [-0.4, -0.2) is 19.5 Å². The van der Waals surface area contributed by atoms with Crippen molar-refractivity contribution in [3.05, 3.63) is 54.0 Å². The molecule has 1 aromatic heterocycles. The van der Waals surface area contributed by atoms with Crippen LogP contribution >= 0.6 is 0 Å². The standard InChI is InChI=1S/C17H18O4/c1-4-20-17-11-13(7-8-16(17)19-3)14(10-12(2)18)15-6-5-9-21-15/h5-11H,4H2,1-3H3/b14-10-. The molecule has 2 aromatic rings. The van der Waals surface area contributed by atoms with E-state index in [-0.39, 0.29) is 5.78 Å². The Morgan fingerprint density at radius 3 is 2.67 bits per heavy atom. The molecule has 2 rings (SSSR count). The van der Waals surface area contributed by atoms with Crippen LogP contribution in [0.3, 0.4) is 0 Å². The monoisotopic (exact) mass is 286 g/mol. The molecule has 0 N–H and O–H groups in total. The van der Waals surface area contributed by atoms with Crippen molar-refractivity contribution in [1.29, 1.82) is 0 Å². The molecule has 110 valence electrons.